The van der Waals surface area contributed by atoms with E-state index in [4.69, 9.17) is 147 Å². The molecule has 4 fully saturated rings. The molecule has 0 aliphatic carbocycles. The van der Waals surface area contributed by atoms with Crippen molar-refractivity contribution < 1.29 is 18.9 Å². The van der Waals surface area contributed by atoms with Gasteiger partial charge in [0.15, 0.2) is 5.65 Å². The molecule has 580 valence electrons. The van der Waals surface area contributed by atoms with E-state index in [2.05, 4.69) is 125 Å². The first-order chi connectivity index (χ1) is 53.8. The lowest BCUT2D eigenvalue weighted by Gasteiger charge is -2.44. The summed E-state index contributed by atoms with van der Waals surface area (Å²) >= 11 is 49.5. The van der Waals surface area contributed by atoms with Crippen LogP contribution < -0.4 is 32.3 Å². The van der Waals surface area contributed by atoms with Gasteiger partial charge < -0.3 is 51.3 Å². The molecule has 7 aromatic heterocycles. The van der Waals surface area contributed by atoms with Crippen LogP contribution in [0.1, 0.15) is 45.6 Å². The molecule has 2 unspecified atom stereocenters. The number of benzene rings is 5. The number of aromatic nitrogens is 11. The molecule has 0 amide bonds. The maximum absolute atomic E-state index is 7.57. The molecule has 0 spiro atoms. The van der Waals surface area contributed by atoms with Gasteiger partial charge in [-0.15, -0.1) is 10.2 Å². The molecule has 25 nitrogen and oxygen atoms in total. The van der Waals surface area contributed by atoms with Crippen molar-refractivity contribution in [3.05, 3.63) is 203 Å². The number of rotatable bonds is 15. The fraction of sp³-hybridized carbons (Fsp3) is 0.346. The number of nitrogen functional groups attached to an aromatic ring is 1. The number of imidazole rings is 2. The topological polar surface area (TPSA) is 258 Å². The fourth-order valence-corrected chi connectivity index (χ4v) is 15.2. The third-order valence-electron chi connectivity index (χ3n) is 18.9. The lowest BCUT2D eigenvalue weighted by molar-refractivity contribution is -0.0842. The summed E-state index contributed by atoms with van der Waals surface area (Å²) in [6.07, 6.45) is 8.86. The first kappa shape index (κ1) is 82.1. The van der Waals surface area contributed by atoms with Crippen LogP contribution in [-0.2, 0) is 25.5 Å². The van der Waals surface area contributed by atoms with E-state index < -0.39 is 0 Å². The standard InChI is InChI=1S/C22H27Cl2N5O.C22H26N8O2.C18H13Cl3N4O.C12H6Cl3N3.C4H11N/c1-14(2)11-26-21-17(10-25)18(16-4-3-15(23)9-19(16)24)13-29-20(12-27-22(21)29)28-5-7-30-8-6-28;1-3-7-19-17(5-1)23-25-29(19)21(27-9-13-31-14-10-27)22(28-11-15-32-16-12-28)30-20-8-4-2-6-18(20)24-26-30;1-22-17-13(12-3-2-11(19)8-14(12)20)10-25-15(9-23-18(25)16(17)21)24-4-6-26-7-5-24;1-17-11-8(5-18-12(16)10(11)15)7-3-2-6(13)4-9(7)14;1-4(2)3-5/h3-4,9,12-14,26H,5-8,10-11,25H2,1-2H3;1-8,21-22H,9-16H2;2-3,8-10H,4-7H2;2-5H,(H2,16,18);4H,3,5H2,1-2H3. The summed E-state index contributed by atoms with van der Waals surface area (Å²) in [4.78, 5) is 29.5. The lowest BCUT2D eigenvalue weighted by atomic mass is 10.00. The Morgan fingerprint density at radius 3 is 1.32 bits per heavy atom. The Morgan fingerprint density at radius 1 is 0.477 bits per heavy atom. The Hall–Kier alpha value is -8.39. The Kier molecular flexibility index (Phi) is 28.4. The SMILES string of the molecule is CC(C)CN.CC(C)CNc1c(CN)c(-c2ccc(Cl)cc2Cl)cn2c(N3CCOCC3)cnc12.[C-]#[N+]c1c(-c2ccc(Cl)cc2Cl)cn2c(N3CCOCC3)cnc2c1Cl.[C-]#[N+]c1c(-c2ccc(Cl)cc2Cl)cnc(N)c1Cl.c1ccc2c(c1)nnn2C(C(N1CCOCC1)n1nnc2ccccc21)N1CCOCC1. The molecule has 33 heteroatoms. The molecule has 16 rings (SSSR count). The second kappa shape index (κ2) is 38.4. The number of morpholine rings is 4. The fourth-order valence-electron chi connectivity index (χ4n) is 13.2. The second-order valence-corrected chi connectivity index (χ2v) is 30.3. The second-order valence-electron chi connectivity index (χ2n) is 27.0. The number of ether oxygens (including phenoxy) is 4. The number of fused-ring (bicyclic) bond motifs is 4. The summed E-state index contributed by atoms with van der Waals surface area (Å²) in [6.45, 7) is 37.3. The largest absolute Gasteiger partial charge is 0.384 e. The third kappa shape index (κ3) is 19.0. The molecule has 2 atom stereocenters. The zero-order valence-corrected chi connectivity index (χ0v) is 67.5. The van der Waals surface area contributed by atoms with Gasteiger partial charge in [0.1, 0.15) is 46.5 Å². The maximum Gasteiger partial charge on any atom is 0.218 e. The number of hydrogen-bond acceptors (Lipinski definition) is 19. The number of pyridine rings is 3. The van der Waals surface area contributed by atoms with Crippen molar-refractivity contribution in [2.45, 2.75) is 46.6 Å². The molecule has 7 N–H and O–H groups in total. The van der Waals surface area contributed by atoms with Crippen molar-refractivity contribution in [1.82, 2.24) is 63.5 Å². The average molecular weight is 1660 g/mol. The highest BCUT2D eigenvalue weighted by Gasteiger charge is 2.40. The number of nitrogens with zero attached hydrogens (tertiary/aromatic N) is 17. The Morgan fingerprint density at radius 2 is 0.883 bits per heavy atom. The van der Waals surface area contributed by atoms with Crippen molar-refractivity contribution in [2.24, 2.45) is 23.3 Å². The predicted molar refractivity (Wildman–Crippen MR) is 447 cm³/mol. The van der Waals surface area contributed by atoms with Crippen LogP contribution in [0.15, 0.2) is 134 Å². The zero-order chi connectivity index (χ0) is 78.4. The first-order valence-electron chi connectivity index (χ1n) is 36.1. The van der Waals surface area contributed by atoms with Gasteiger partial charge in [0.05, 0.1) is 105 Å². The minimum Gasteiger partial charge on any atom is -0.384 e. The number of nitrogens with two attached hydrogens (primary N) is 3. The van der Waals surface area contributed by atoms with Crippen molar-refractivity contribution in [2.75, 3.05) is 139 Å². The minimum atomic E-state index is -0.130. The van der Waals surface area contributed by atoms with E-state index in [1.54, 1.807) is 48.7 Å². The minimum absolute atomic E-state index is 0.122. The molecule has 4 aliphatic heterocycles. The van der Waals surface area contributed by atoms with Gasteiger partial charge in [-0.05, 0) is 90.2 Å². The maximum atomic E-state index is 7.57. The summed E-state index contributed by atoms with van der Waals surface area (Å²) in [5.41, 5.74) is 29.1. The van der Waals surface area contributed by atoms with Crippen LogP contribution in [0.2, 0.25) is 40.2 Å². The van der Waals surface area contributed by atoms with Crippen LogP contribution in [-0.4, -0.2) is 182 Å². The third-order valence-corrected chi connectivity index (χ3v) is 21.2. The molecule has 11 heterocycles. The molecule has 4 aliphatic rings. The monoisotopic (exact) mass is 1660 g/mol. The Bertz CT molecular complexity index is 5200. The van der Waals surface area contributed by atoms with Gasteiger partial charge in [-0.25, -0.2) is 34.0 Å². The van der Waals surface area contributed by atoms with Crippen molar-refractivity contribution >= 4 is 161 Å². The van der Waals surface area contributed by atoms with Gasteiger partial charge in [-0.1, -0.05) is 173 Å². The van der Waals surface area contributed by atoms with E-state index in [1.165, 1.54) is 6.20 Å². The average Bonchev–Trinajstić information content (AvgIpc) is 1.60. The normalized spacial score (nSPS) is 15.4. The van der Waals surface area contributed by atoms with Crippen LogP contribution in [0, 0.1) is 25.0 Å². The number of para-hydroxylation sites is 2. The van der Waals surface area contributed by atoms with Crippen molar-refractivity contribution in [3.8, 4) is 33.4 Å². The summed E-state index contributed by atoms with van der Waals surface area (Å²) in [5, 5.41) is 25.4. The van der Waals surface area contributed by atoms with Gasteiger partial charge >= 0.3 is 0 Å². The van der Waals surface area contributed by atoms with Crippen LogP contribution in [0.5, 0.6) is 0 Å². The van der Waals surface area contributed by atoms with Crippen LogP contribution >= 0.6 is 92.8 Å². The number of anilines is 4. The highest BCUT2D eigenvalue weighted by atomic mass is 35.5. The Balaban J connectivity index is 0.000000137. The van der Waals surface area contributed by atoms with Gasteiger partial charge in [0, 0.05) is 142 Å². The number of halogens is 8. The highest BCUT2D eigenvalue weighted by Crippen LogP contribution is 2.46. The molecule has 4 saturated heterocycles. The van der Waals surface area contributed by atoms with Crippen LogP contribution in [0.25, 0.3) is 76.4 Å². The molecule has 5 aromatic carbocycles. The Labute approximate surface area is 683 Å². The van der Waals surface area contributed by atoms with Gasteiger partial charge in [0.2, 0.25) is 11.4 Å². The summed E-state index contributed by atoms with van der Waals surface area (Å²) in [7, 11) is 0. The summed E-state index contributed by atoms with van der Waals surface area (Å²) in [5.74, 6) is 3.21. The van der Waals surface area contributed by atoms with Gasteiger partial charge in [-0.3, -0.25) is 18.6 Å². The summed E-state index contributed by atoms with van der Waals surface area (Å²) < 4.78 is 30.5. The van der Waals surface area contributed by atoms with Crippen LogP contribution in [0.4, 0.5) is 34.5 Å². The molecular formula is C78H83Cl8N21O4. The zero-order valence-electron chi connectivity index (χ0n) is 61.4. The van der Waals surface area contributed by atoms with Gasteiger partial charge in [0.25, 0.3) is 0 Å². The smallest absolute Gasteiger partial charge is 0.218 e. The highest BCUT2D eigenvalue weighted by molar-refractivity contribution is 6.40. The molecule has 0 radical (unpaired) electrons. The quantitative estimate of drug-likeness (QED) is 0.0696. The van der Waals surface area contributed by atoms with Gasteiger partial charge in [-0.2, -0.15) is 0 Å². The lowest BCUT2D eigenvalue weighted by Crippen LogP contribution is -2.52. The van der Waals surface area contributed by atoms with E-state index in [-0.39, 0.29) is 28.9 Å². The number of hydrogen-bond donors (Lipinski definition) is 4. The summed E-state index contributed by atoms with van der Waals surface area (Å²) in [6, 6.07) is 32.0. The van der Waals surface area contributed by atoms with E-state index in [0.29, 0.717) is 140 Å². The predicted octanol–water partition coefficient (Wildman–Crippen LogP) is 17.0. The van der Waals surface area contributed by atoms with E-state index in [9.17, 15) is 0 Å². The van der Waals surface area contributed by atoms with E-state index in [1.807, 2.05) is 65.3 Å². The first-order valence-corrected chi connectivity index (χ1v) is 39.1. The van der Waals surface area contributed by atoms with E-state index >= 15 is 0 Å². The molecule has 0 saturated carbocycles. The van der Waals surface area contributed by atoms with E-state index in [0.717, 1.165) is 127 Å². The van der Waals surface area contributed by atoms with Crippen molar-refractivity contribution in [3.63, 3.8) is 0 Å². The molecular weight excluding hydrogens is 1580 g/mol. The molecule has 0 bridgehead atoms. The van der Waals surface area contributed by atoms with Crippen LogP contribution in [0.3, 0.4) is 0 Å². The van der Waals surface area contributed by atoms with Crippen molar-refractivity contribution in [1.29, 1.82) is 0 Å². The number of nitrogens with one attached hydrogen (secondary N) is 1. The molecule has 12 aromatic rings. The molecule has 111 heavy (non-hydrogen) atoms.